The Labute approximate surface area is 156 Å². The standard InChI is InChI=1S/C17H19ClN2O5S/c1-12-9-13(25-19-12)11-24-17(21)15-10-14(5-6-16(15)18)26(22,23)20-7-3-2-4-8-20/h5-6,9-10H,2-4,7-8,11H2,1H3. The Hall–Kier alpha value is -1.90. The summed E-state index contributed by atoms with van der Waals surface area (Å²) in [5.41, 5.74) is 0.671. The molecule has 9 heteroatoms. The molecular weight excluding hydrogens is 380 g/mol. The highest BCUT2D eigenvalue weighted by Crippen LogP contribution is 2.25. The number of nitrogens with zero attached hydrogens (tertiary/aromatic N) is 2. The first-order valence-corrected chi connectivity index (χ1v) is 10.1. The van der Waals surface area contributed by atoms with Crippen LogP contribution in [0.25, 0.3) is 0 Å². The van der Waals surface area contributed by atoms with E-state index in [1.165, 1.54) is 22.5 Å². The number of halogens is 1. The van der Waals surface area contributed by atoms with Crippen molar-refractivity contribution in [2.45, 2.75) is 37.7 Å². The molecule has 26 heavy (non-hydrogen) atoms. The van der Waals surface area contributed by atoms with E-state index in [1.54, 1.807) is 13.0 Å². The minimum atomic E-state index is -3.66. The zero-order valence-electron chi connectivity index (χ0n) is 14.3. The number of benzene rings is 1. The molecule has 0 radical (unpaired) electrons. The number of aryl methyl sites for hydroxylation is 1. The summed E-state index contributed by atoms with van der Waals surface area (Å²) in [5.74, 6) is -0.330. The van der Waals surface area contributed by atoms with Gasteiger partial charge in [0.2, 0.25) is 10.0 Å². The van der Waals surface area contributed by atoms with E-state index in [9.17, 15) is 13.2 Å². The van der Waals surface area contributed by atoms with E-state index in [0.29, 0.717) is 24.5 Å². The number of sulfonamides is 1. The van der Waals surface area contributed by atoms with Crippen LogP contribution in [0.15, 0.2) is 33.7 Å². The van der Waals surface area contributed by atoms with E-state index in [0.717, 1.165) is 19.3 Å². The topological polar surface area (TPSA) is 89.7 Å². The molecule has 1 aliphatic heterocycles. The Bertz CT molecular complexity index is 904. The number of piperidine rings is 1. The average Bonchev–Trinajstić information content (AvgIpc) is 3.06. The number of hydrogen-bond donors (Lipinski definition) is 0. The van der Waals surface area contributed by atoms with Gasteiger partial charge in [-0.2, -0.15) is 4.31 Å². The highest BCUT2D eigenvalue weighted by atomic mass is 35.5. The third-order valence-electron chi connectivity index (χ3n) is 4.13. The Morgan fingerprint density at radius 3 is 2.65 bits per heavy atom. The molecule has 0 N–H and O–H groups in total. The first kappa shape index (κ1) is 18.9. The summed E-state index contributed by atoms with van der Waals surface area (Å²) in [5, 5.41) is 3.83. The van der Waals surface area contributed by atoms with Crippen molar-refractivity contribution in [1.29, 1.82) is 0 Å². The molecule has 1 aromatic heterocycles. The number of hydrogen-bond acceptors (Lipinski definition) is 6. The normalized spacial score (nSPS) is 15.8. The maximum absolute atomic E-state index is 12.8. The number of rotatable bonds is 5. The molecule has 3 rings (SSSR count). The Balaban J connectivity index is 1.79. The van der Waals surface area contributed by atoms with Gasteiger partial charge in [0.15, 0.2) is 12.4 Å². The van der Waals surface area contributed by atoms with Gasteiger partial charge in [-0.25, -0.2) is 13.2 Å². The van der Waals surface area contributed by atoms with Crippen molar-refractivity contribution in [3.63, 3.8) is 0 Å². The van der Waals surface area contributed by atoms with E-state index < -0.39 is 16.0 Å². The Morgan fingerprint density at radius 2 is 2.00 bits per heavy atom. The fourth-order valence-electron chi connectivity index (χ4n) is 2.77. The van der Waals surface area contributed by atoms with Gasteiger partial charge in [0.25, 0.3) is 0 Å². The minimum absolute atomic E-state index is 0.000915. The smallest absolute Gasteiger partial charge is 0.340 e. The lowest BCUT2D eigenvalue weighted by molar-refractivity contribution is 0.0437. The van der Waals surface area contributed by atoms with Gasteiger partial charge in [-0.15, -0.1) is 0 Å². The minimum Gasteiger partial charge on any atom is -0.454 e. The molecule has 0 amide bonds. The highest BCUT2D eigenvalue weighted by Gasteiger charge is 2.27. The van der Waals surface area contributed by atoms with Gasteiger partial charge in [-0.3, -0.25) is 0 Å². The third kappa shape index (κ3) is 4.08. The molecule has 1 aromatic carbocycles. The van der Waals surface area contributed by atoms with Crippen LogP contribution in [0.2, 0.25) is 5.02 Å². The second-order valence-electron chi connectivity index (χ2n) is 6.12. The lowest BCUT2D eigenvalue weighted by Gasteiger charge is -2.26. The summed E-state index contributed by atoms with van der Waals surface area (Å²) in [7, 11) is -3.66. The highest BCUT2D eigenvalue weighted by molar-refractivity contribution is 7.89. The number of carbonyl (C=O) groups is 1. The van der Waals surface area contributed by atoms with Crippen molar-refractivity contribution in [3.8, 4) is 0 Å². The first-order valence-electron chi connectivity index (χ1n) is 8.27. The van der Waals surface area contributed by atoms with Gasteiger partial charge in [0.1, 0.15) is 0 Å². The lowest BCUT2D eigenvalue weighted by atomic mass is 10.2. The van der Waals surface area contributed by atoms with Crippen molar-refractivity contribution in [3.05, 3.63) is 46.3 Å². The summed E-state index contributed by atoms with van der Waals surface area (Å²) in [6.07, 6.45) is 2.68. The molecule has 1 aliphatic rings. The number of ether oxygens (including phenoxy) is 1. The number of carbonyl (C=O) groups excluding carboxylic acids is 1. The maximum atomic E-state index is 12.8. The molecule has 0 unspecified atom stereocenters. The molecule has 7 nitrogen and oxygen atoms in total. The van der Waals surface area contributed by atoms with Crippen molar-refractivity contribution in [1.82, 2.24) is 9.46 Å². The maximum Gasteiger partial charge on any atom is 0.340 e. The molecule has 2 heterocycles. The van der Waals surface area contributed by atoms with Crippen LogP contribution in [-0.2, 0) is 21.4 Å². The van der Waals surface area contributed by atoms with Crippen LogP contribution in [0, 0.1) is 6.92 Å². The molecule has 1 saturated heterocycles. The molecule has 0 spiro atoms. The van der Waals surface area contributed by atoms with Crippen LogP contribution in [0.4, 0.5) is 0 Å². The fourth-order valence-corrected chi connectivity index (χ4v) is 4.51. The molecule has 0 aliphatic carbocycles. The van der Waals surface area contributed by atoms with E-state index >= 15 is 0 Å². The SMILES string of the molecule is Cc1cc(COC(=O)c2cc(S(=O)(=O)N3CCCCC3)ccc2Cl)on1. The van der Waals surface area contributed by atoms with E-state index in [4.69, 9.17) is 20.9 Å². The van der Waals surface area contributed by atoms with Crippen LogP contribution < -0.4 is 0 Å². The summed E-state index contributed by atoms with van der Waals surface area (Å²) in [6.45, 7) is 2.60. The lowest BCUT2D eigenvalue weighted by Crippen LogP contribution is -2.35. The van der Waals surface area contributed by atoms with E-state index in [1.807, 2.05) is 0 Å². The molecular formula is C17H19ClN2O5S. The van der Waals surface area contributed by atoms with E-state index in [2.05, 4.69) is 5.16 Å². The summed E-state index contributed by atoms with van der Waals surface area (Å²) >= 11 is 6.07. The largest absolute Gasteiger partial charge is 0.454 e. The van der Waals surface area contributed by atoms with Crippen molar-refractivity contribution >= 4 is 27.6 Å². The zero-order chi connectivity index (χ0) is 18.7. The average molecular weight is 399 g/mol. The molecule has 1 fully saturated rings. The van der Waals surface area contributed by atoms with Crippen LogP contribution in [0.5, 0.6) is 0 Å². The van der Waals surface area contributed by atoms with Crippen molar-refractivity contribution < 1.29 is 22.5 Å². The van der Waals surface area contributed by atoms with Crippen molar-refractivity contribution in [2.24, 2.45) is 0 Å². The third-order valence-corrected chi connectivity index (χ3v) is 6.36. The molecule has 2 aromatic rings. The van der Waals surface area contributed by atoms with Crippen molar-refractivity contribution in [2.75, 3.05) is 13.1 Å². The van der Waals surface area contributed by atoms with Crippen LogP contribution in [0.1, 0.15) is 41.1 Å². The summed E-state index contributed by atoms with van der Waals surface area (Å²) < 4.78 is 37.1. The van der Waals surface area contributed by atoms with Gasteiger partial charge in [-0.1, -0.05) is 23.2 Å². The van der Waals surface area contributed by atoms with Gasteiger partial charge in [-0.05, 0) is 38.0 Å². The predicted octanol–water partition coefficient (Wildman–Crippen LogP) is 3.17. The second-order valence-corrected chi connectivity index (χ2v) is 8.46. The monoisotopic (exact) mass is 398 g/mol. The Morgan fingerprint density at radius 1 is 1.27 bits per heavy atom. The summed E-state index contributed by atoms with van der Waals surface area (Å²) in [4.78, 5) is 12.4. The Kier molecular flexibility index (Phi) is 5.64. The van der Waals surface area contributed by atoms with Crippen LogP contribution in [-0.4, -0.2) is 36.9 Å². The first-order chi connectivity index (χ1) is 12.4. The van der Waals surface area contributed by atoms with Gasteiger partial charge in [0.05, 0.1) is 21.2 Å². The van der Waals surface area contributed by atoms with Gasteiger partial charge >= 0.3 is 5.97 Å². The number of esters is 1. The predicted molar refractivity (Wildman–Crippen MR) is 94.4 cm³/mol. The molecule has 0 atom stereocenters. The van der Waals surface area contributed by atoms with Gasteiger partial charge in [0, 0.05) is 19.2 Å². The van der Waals surface area contributed by atoms with Crippen LogP contribution in [0.3, 0.4) is 0 Å². The summed E-state index contributed by atoms with van der Waals surface area (Å²) in [6, 6.07) is 5.71. The fraction of sp³-hybridized carbons (Fsp3) is 0.412. The quantitative estimate of drug-likeness (QED) is 0.718. The number of aromatic nitrogens is 1. The second kappa shape index (κ2) is 7.77. The zero-order valence-corrected chi connectivity index (χ0v) is 15.8. The molecule has 140 valence electrons. The molecule has 0 saturated carbocycles. The van der Waals surface area contributed by atoms with Crippen LogP contribution >= 0.6 is 11.6 Å². The molecule has 0 bridgehead atoms. The van der Waals surface area contributed by atoms with Gasteiger partial charge < -0.3 is 9.26 Å². The van der Waals surface area contributed by atoms with E-state index in [-0.39, 0.29) is 22.1 Å².